The first-order valence-electron chi connectivity index (χ1n) is 9.22. The maximum absolute atomic E-state index is 13.1. The Morgan fingerprint density at radius 3 is 2.43 bits per heavy atom. The number of nitrogens with one attached hydrogen (secondary N) is 1. The summed E-state index contributed by atoms with van der Waals surface area (Å²) in [6.45, 7) is 4.91. The second-order valence-corrected chi connectivity index (χ2v) is 9.06. The third-order valence-electron chi connectivity index (χ3n) is 4.37. The standard InChI is InChI=1S/C21H28N2O4S/c1-16(2)12-13-22-21(24)18-10-11-19(27-4)20(14-18)28(25,26)23(3)15-17-8-6-5-7-9-17/h5-11,14,16H,12-13,15H2,1-4H3,(H,22,24). The zero-order valence-electron chi connectivity index (χ0n) is 16.8. The first-order valence-corrected chi connectivity index (χ1v) is 10.7. The van der Waals surface area contributed by atoms with E-state index in [1.54, 1.807) is 6.07 Å². The molecule has 0 aromatic heterocycles. The number of rotatable bonds is 9. The molecule has 7 heteroatoms. The maximum atomic E-state index is 13.1. The molecule has 2 aromatic rings. The molecule has 0 spiro atoms. The van der Waals surface area contributed by atoms with E-state index < -0.39 is 10.0 Å². The largest absolute Gasteiger partial charge is 0.495 e. The predicted octanol–water partition coefficient (Wildman–Crippen LogP) is 3.29. The molecule has 6 nitrogen and oxygen atoms in total. The van der Waals surface area contributed by atoms with E-state index in [-0.39, 0.29) is 28.7 Å². The number of nitrogens with zero attached hydrogens (tertiary/aromatic N) is 1. The SMILES string of the molecule is COc1ccc(C(=O)NCCC(C)C)cc1S(=O)(=O)N(C)Cc1ccccc1. The molecule has 0 heterocycles. The van der Waals surface area contributed by atoms with Crippen LogP contribution in [0, 0.1) is 5.92 Å². The Bertz CT molecular complexity index is 896. The smallest absolute Gasteiger partial charge is 0.251 e. The Labute approximate surface area is 167 Å². The highest BCUT2D eigenvalue weighted by Gasteiger charge is 2.26. The molecule has 2 aromatic carbocycles. The molecular formula is C21H28N2O4S. The van der Waals surface area contributed by atoms with Crippen molar-refractivity contribution in [3.8, 4) is 5.75 Å². The number of benzene rings is 2. The molecule has 0 aliphatic carbocycles. The summed E-state index contributed by atoms with van der Waals surface area (Å²) in [6.07, 6.45) is 0.854. The van der Waals surface area contributed by atoms with Gasteiger partial charge in [-0.15, -0.1) is 0 Å². The van der Waals surface area contributed by atoms with Gasteiger partial charge in [0.25, 0.3) is 5.91 Å². The third kappa shape index (κ3) is 5.56. The summed E-state index contributed by atoms with van der Waals surface area (Å²) in [5.74, 6) is 0.378. The molecule has 0 atom stereocenters. The van der Waals surface area contributed by atoms with Crippen LogP contribution in [-0.2, 0) is 16.6 Å². The van der Waals surface area contributed by atoms with Gasteiger partial charge in [0.05, 0.1) is 7.11 Å². The van der Waals surface area contributed by atoms with Crippen molar-refractivity contribution >= 4 is 15.9 Å². The molecule has 0 saturated carbocycles. The van der Waals surface area contributed by atoms with Crippen molar-refractivity contribution < 1.29 is 17.9 Å². The highest BCUT2D eigenvalue weighted by atomic mass is 32.2. The highest BCUT2D eigenvalue weighted by Crippen LogP contribution is 2.28. The van der Waals surface area contributed by atoms with Gasteiger partial charge in [-0.25, -0.2) is 8.42 Å². The van der Waals surface area contributed by atoms with Gasteiger partial charge in [0.2, 0.25) is 10.0 Å². The number of carbonyl (C=O) groups is 1. The van der Waals surface area contributed by atoms with Gasteiger partial charge < -0.3 is 10.1 Å². The van der Waals surface area contributed by atoms with Crippen LogP contribution in [0.2, 0.25) is 0 Å². The fourth-order valence-electron chi connectivity index (χ4n) is 2.69. The van der Waals surface area contributed by atoms with Crippen LogP contribution in [-0.4, -0.2) is 39.3 Å². The summed E-state index contributed by atoms with van der Waals surface area (Å²) in [4.78, 5) is 12.4. The lowest BCUT2D eigenvalue weighted by atomic mass is 10.1. The van der Waals surface area contributed by atoms with Gasteiger partial charge in [0, 0.05) is 25.7 Å². The van der Waals surface area contributed by atoms with Crippen LogP contribution in [0.15, 0.2) is 53.4 Å². The lowest BCUT2D eigenvalue weighted by molar-refractivity contribution is 0.0951. The summed E-state index contributed by atoms with van der Waals surface area (Å²) >= 11 is 0. The molecule has 0 bridgehead atoms. The van der Waals surface area contributed by atoms with Gasteiger partial charge in [-0.05, 0) is 36.1 Å². The van der Waals surface area contributed by atoms with E-state index in [0.717, 1.165) is 12.0 Å². The fraction of sp³-hybridized carbons (Fsp3) is 0.381. The first-order chi connectivity index (χ1) is 13.3. The maximum Gasteiger partial charge on any atom is 0.251 e. The quantitative estimate of drug-likeness (QED) is 0.696. The third-order valence-corrected chi connectivity index (χ3v) is 6.19. The molecule has 0 aliphatic heterocycles. The van der Waals surface area contributed by atoms with Crippen molar-refractivity contribution in [2.24, 2.45) is 5.92 Å². The molecule has 1 N–H and O–H groups in total. The summed E-state index contributed by atoms with van der Waals surface area (Å²) in [6, 6.07) is 13.8. The van der Waals surface area contributed by atoms with Gasteiger partial charge in [0.15, 0.2) is 0 Å². The molecule has 152 valence electrons. The van der Waals surface area contributed by atoms with E-state index in [1.165, 1.54) is 30.6 Å². The van der Waals surface area contributed by atoms with E-state index >= 15 is 0 Å². The van der Waals surface area contributed by atoms with Gasteiger partial charge in [-0.2, -0.15) is 4.31 Å². The van der Waals surface area contributed by atoms with Gasteiger partial charge in [-0.3, -0.25) is 4.79 Å². The average Bonchev–Trinajstić information content (AvgIpc) is 2.67. The van der Waals surface area contributed by atoms with Crippen molar-refractivity contribution in [2.45, 2.75) is 31.7 Å². The van der Waals surface area contributed by atoms with Crippen LogP contribution in [0.1, 0.15) is 36.2 Å². The second-order valence-electron chi connectivity index (χ2n) is 7.05. The van der Waals surface area contributed by atoms with Crippen LogP contribution in [0.4, 0.5) is 0 Å². The Hall–Kier alpha value is -2.38. The summed E-state index contributed by atoms with van der Waals surface area (Å²) in [5, 5.41) is 2.83. The number of methoxy groups -OCH3 is 1. The molecule has 0 aliphatic rings. The molecule has 0 saturated heterocycles. The topological polar surface area (TPSA) is 75.7 Å². The lowest BCUT2D eigenvalue weighted by Crippen LogP contribution is -2.28. The van der Waals surface area contributed by atoms with Crippen molar-refractivity contribution in [3.63, 3.8) is 0 Å². The van der Waals surface area contributed by atoms with Crippen molar-refractivity contribution in [1.29, 1.82) is 0 Å². The van der Waals surface area contributed by atoms with Crippen LogP contribution >= 0.6 is 0 Å². The average molecular weight is 405 g/mol. The van der Waals surface area contributed by atoms with Crippen molar-refractivity contribution in [1.82, 2.24) is 9.62 Å². The van der Waals surface area contributed by atoms with Crippen LogP contribution < -0.4 is 10.1 Å². The Balaban J connectivity index is 2.27. The second kappa shape index (κ2) is 9.71. The van der Waals surface area contributed by atoms with E-state index in [2.05, 4.69) is 19.2 Å². The normalized spacial score (nSPS) is 11.6. The van der Waals surface area contributed by atoms with Gasteiger partial charge >= 0.3 is 0 Å². The van der Waals surface area contributed by atoms with E-state index in [1.807, 2.05) is 30.3 Å². The number of sulfonamides is 1. The Morgan fingerprint density at radius 2 is 1.82 bits per heavy atom. The Morgan fingerprint density at radius 1 is 1.14 bits per heavy atom. The van der Waals surface area contributed by atoms with Crippen molar-refractivity contribution in [3.05, 3.63) is 59.7 Å². The predicted molar refractivity (Wildman–Crippen MR) is 110 cm³/mol. The molecule has 0 unspecified atom stereocenters. The minimum atomic E-state index is -3.84. The zero-order chi connectivity index (χ0) is 20.7. The van der Waals surface area contributed by atoms with E-state index in [9.17, 15) is 13.2 Å². The van der Waals surface area contributed by atoms with E-state index in [4.69, 9.17) is 4.74 Å². The van der Waals surface area contributed by atoms with Crippen LogP contribution in [0.5, 0.6) is 5.75 Å². The van der Waals surface area contributed by atoms with Crippen LogP contribution in [0.25, 0.3) is 0 Å². The number of amides is 1. The molecular weight excluding hydrogens is 376 g/mol. The number of hydrogen-bond donors (Lipinski definition) is 1. The minimum Gasteiger partial charge on any atom is -0.495 e. The molecule has 0 fully saturated rings. The van der Waals surface area contributed by atoms with Crippen LogP contribution in [0.3, 0.4) is 0 Å². The van der Waals surface area contributed by atoms with E-state index in [0.29, 0.717) is 12.5 Å². The first kappa shape index (κ1) is 21.9. The summed E-state index contributed by atoms with van der Waals surface area (Å²) in [5.41, 5.74) is 1.16. The Kier molecular flexibility index (Phi) is 7.60. The van der Waals surface area contributed by atoms with Gasteiger partial charge in [0.1, 0.15) is 10.6 Å². The highest BCUT2D eigenvalue weighted by molar-refractivity contribution is 7.89. The molecule has 2 rings (SSSR count). The summed E-state index contributed by atoms with van der Waals surface area (Å²) in [7, 11) is -0.920. The zero-order valence-corrected chi connectivity index (χ0v) is 17.6. The molecule has 0 radical (unpaired) electrons. The molecule has 28 heavy (non-hydrogen) atoms. The lowest BCUT2D eigenvalue weighted by Gasteiger charge is -2.19. The van der Waals surface area contributed by atoms with Gasteiger partial charge in [-0.1, -0.05) is 44.2 Å². The van der Waals surface area contributed by atoms with Crippen molar-refractivity contribution in [2.75, 3.05) is 20.7 Å². The fourth-order valence-corrected chi connectivity index (χ4v) is 4.03. The number of carbonyl (C=O) groups excluding carboxylic acids is 1. The monoisotopic (exact) mass is 404 g/mol. The number of hydrogen-bond acceptors (Lipinski definition) is 4. The molecule has 1 amide bonds. The summed E-state index contributed by atoms with van der Waals surface area (Å²) < 4.78 is 32.7. The minimum absolute atomic E-state index is 0.0232. The number of ether oxygens (including phenoxy) is 1.